The number of nitrogens with one attached hydrogen (secondary N) is 1. The predicted molar refractivity (Wildman–Crippen MR) is 73.4 cm³/mol. The predicted octanol–water partition coefficient (Wildman–Crippen LogP) is 2.18. The minimum atomic E-state index is -1.28. The van der Waals surface area contributed by atoms with Gasteiger partial charge < -0.3 is 15.2 Å². The van der Waals surface area contributed by atoms with Gasteiger partial charge in [0.2, 0.25) is 0 Å². The Morgan fingerprint density at radius 3 is 2.47 bits per heavy atom. The number of aliphatic hydroxyl groups excluding tert-OH is 1. The normalized spacial score (nSPS) is 18.5. The summed E-state index contributed by atoms with van der Waals surface area (Å²) in [5, 5.41) is 13.4. The van der Waals surface area contributed by atoms with Crippen molar-refractivity contribution in [3.63, 3.8) is 0 Å². The maximum Gasteiger partial charge on any atom is 0.253 e. The summed E-state index contributed by atoms with van der Waals surface area (Å²) in [6, 6.07) is 4.59. The zero-order chi connectivity index (χ0) is 14.0. The molecule has 0 spiro atoms. The van der Waals surface area contributed by atoms with Crippen LogP contribution in [0.3, 0.4) is 0 Å². The molecule has 2 rings (SSSR count). The number of carbonyl (C=O) groups excluding carboxylic acids is 1. The van der Waals surface area contributed by atoms with Crippen molar-refractivity contribution in [2.45, 2.75) is 13.0 Å². The molecule has 0 aliphatic carbocycles. The van der Waals surface area contributed by atoms with E-state index in [1.807, 2.05) is 6.92 Å². The molecule has 0 aromatic heterocycles. The van der Waals surface area contributed by atoms with E-state index in [0.717, 1.165) is 0 Å². The van der Waals surface area contributed by atoms with Crippen LogP contribution in [0.15, 0.2) is 18.2 Å². The van der Waals surface area contributed by atoms with Crippen LogP contribution in [0.5, 0.6) is 0 Å². The third kappa shape index (κ3) is 3.60. The van der Waals surface area contributed by atoms with Crippen molar-refractivity contribution < 1.29 is 14.6 Å². The molecular weight excluding hydrogens is 289 g/mol. The molecule has 1 aliphatic rings. The molecule has 1 saturated heterocycles. The first-order valence-corrected chi connectivity index (χ1v) is 6.65. The van der Waals surface area contributed by atoms with Gasteiger partial charge in [0, 0.05) is 22.0 Å². The van der Waals surface area contributed by atoms with Crippen molar-refractivity contribution in [2.24, 2.45) is 5.41 Å². The summed E-state index contributed by atoms with van der Waals surface area (Å²) < 4.78 is 5.10. The Morgan fingerprint density at radius 1 is 1.42 bits per heavy atom. The van der Waals surface area contributed by atoms with Crippen LogP contribution >= 0.6 is 23.2 Å². The van der Waals surface area contributed by atoms with Crippen molar-refractivity contribution in [3.8, 4) is 0 Å². The molecule has 2 N–H and O–H groups in total. The lowest BCUT2D eigenvalue weighted by Gasteiger charge is -2.38. The maximum atomic E-state index is 11.9. The highest BCUT2D eigenvalue weighted by Gasteiger charge is 2.34. The zero-order valence-corrected chi connectivity index (χ0v) is 12.0. The van der Waals surface area contributed by atoms with E-state index in [9.17, 15) is 9.90 Å². The van der Waals surface area contributed by atoms with Crippen LogP contribution < -0.4 is 5.32 Å². The maximum absolute atomic E-state index is 11.9. The summed E-state index contributed by atoms with van der Waals surface area (Å²) in [6.07, 6.45) is -1.28. The summed E-state index contributed by atoms with van der Waals surface area (Å²) in [6.45, 7) is 3.72. The molecular formula is C13H15Cl2NO3. The monoisotopic (exact) mass is 303 g/mol. The summed E-state index contributed by atoms with van der Waals surface area (Å²) in [5.41, 5.74) is 0.339. The molecule has 1 heterocycles. The lowest BCUT2D eigenvalue weighted by molar-refractivity contribution is -0.134. The second kappa shape index (κ2) is 5.67. The van der Waals surface area contributed by atoms with Crippen molar-refractivity contribution in [2.75, 3.05) is 19.8 Å². The number of amides is 1. The molecule has 1 unspecified atom stereocenters. The molecule has 1 fully saturated rings. The van der Waals surface area contributed by atoms with E-state index in [-0.39, 0.29) is 5.41 Å². The highest BCUT2D eigenvalue weighted by molar-refractivity contribution is 6.34. The summed E-state index contributed by atoms with van der Waals surface area (Å²) in [4.78, 5) is 11.9. The minimum Gasteiger partial charge on any atom is -0.380 e. The fourth-order valence-corrected chi connectivity index (χ4v) is 2.38. The molecule has 1 amide bonds. The molecule has 104 valence electrons. The second-order valence-corrected chi connectivity index (χ2v) is 6.00. The molecule has 0 radical (unpaired) electrons. The van der Waals surface area contributed by atoms with Gasteiger partial charge in [-0.1, -0.05) is 30.1 Å². The van der Waals surface area contributed by atoms with Gasteiger partial charge in [-0.15, -0.1) is 0 Å². The molecule has 0 bridgehead atoms. The van der Waals surface area contributed by atoms with Crippen LogP contribution in [-0.4, -0.2) is 30.8 Å². The van der Waals surface area contributed by atoms with Crippen molar-refractivity contribution in [1.29, 1.82) is 0 Å². The summed E-state index contributed by atoms with van der Waals surface area (Å²) in [5.74, 6) is -0.466. The lowest BCUT2D eigenvalue weighted by Crippen LogP contribution is -2.49. The molecule has 1 atom stereocenters. The number of hydrogen-bond donors (Lipinski definition) is 2. The van der Waals surface area contributed by atoms with Crippen LogP contribution in [-0.2, 0) is 9.53 Å². The average Bonchev–Trinajstić information content (AvgIpc) is 2.31. The van der Waals surface area contributed by atoms with Gasteiger partial charge in [-0.05, 0) is 23.8 Å². The van der Waals surface area contributed by atoms with Gasteiger partial charge in [0.25, 0.3) is 5.91 Å². The number of halogens is 2. The van der Waals surface area contributed by atoms with Gasteiger partial charge in [-0.2, -0.15) is 0 Å². The Bertz CT molecular complexity index is 469. The smallest absolute Gasteiger partial charge is 0.253 e. The number of ether oxygens (including phenoxy) is 1. The SMILES string of the molecule is CC1(CNC(=O)C(O)c2cc(Cl)cc(Cl)c2)COC1. The van der Waals surface area contributed by atoms with E-state index in [4.69, 9.17) is 27.9 Å². The highest BCUT2D eigenvalue weighted by Crippen LogP contribution is 2.26. The van der Waals surface area contributed by atoms with E-state index < -0.39 is 12.0 Å². The third-order valence-electron chi connectivity index (χ3n) is 3.04. The van der Waals surface area contributed by atoms with E-state index >= 15 is 0 Å². The molecule has 1 aliphatic heterocycles. The first-order chi connectivity index (χ1) is 8.89. The van der Waals surface area contributed by atoms with Crippen LogP contribution in [0.4, 0.5) is 0 Å². The van der Waals surface area contributed by atoms with Crippen LogP contribution in [0.25, 0.3) is 0 Å². The summed E-state index contributed by atoms with van der Waals surface area (Å²) in [7, 11) is 0. The van der Waals surface area contributed by atoms with Crippen molar-refractivity contribution >= 4 is 29.1 Å². The van der Waals surface area contributed by atoms with Crippen molar-refractivity contribution in [3.05, 3.63) is 33.8 Å². The quantitative estimate of drug-likeness (QED) is 0.896. The van der Waals surface area contributed by atoms with Crippen LogP contribution in [0, 0.1) is 5.41 Å². The fraction of sp³-hybridized carbons (Fsp3) is 0.462. The van der Waals surface area contributed by atoms with E-state index in [2.05, 4.69) is 5.32 Å². The van der Waals surface area contributed by atoms with Gasteiger partial charge in [-0.25, -0.2) is 0 Å². The van der Waals surface area contributed by atoms with Crippen LogP contribution in [0.1, 0.15) is 18.6 Å². The first-order valence-electron chi connectivity index (χ1n) is 5.89. The molecule has 1 aromatic carbocycles. The second-order valence-electron chi connectivity index (χ2n) is 5.13. The third-order valence-corrected chi connectivity index (χ3v) is 3.48. The molecule has 19 heavy (non-hydrogen) atoms. The van der Waals surface area contributed by atoms with E-state index in [1.165, 1.54) is 12.1 Å². The average molecular weight is 304 g/mol. The standard InChI is InChI=1S/C13H15Cl2NO3/c1-13(6-19-7-13)5-16-12(18)11(17)8-2-9(14)4-10(15)3-8/h2-4,11,17H,5-7H2,1H3,(H,16,18). The molecule has 4 nitrogen and oxygen atoms in total. The zero-order valence-electron chi connectivity index (χ0n) is 10.5. The number of carbonyl (C=O) groups is 1. The summed E-state index contributed by atoms with van der Waals surface area (Å²) >= 11 is 11.7. The fourth-order valence-electron chi connectivity index (χ4n) is 1.83. The Hall–Kier alpha value is -0.810. The number of rotatable bonds is 4. The van der Waals surface area contributed by atoms with Crippen molar-refractivity contribution in [1.82, 2.24) is 5.32 Å². The number of aliphatic hydroxyl groups is 1. The molecule has 1 aromatic rings. The lowest BCUT2D eigenvalue weighted by atomic mass is 9.88. The number of hydrogen-bond acceptors (Lipinski definition) is 3. The van der Waals surface area contributed by atoms with E-state index in [0.29, 0.717) is 35.4 Å². The van der Waals surface area contributed by atoms with Gasteiger partial charge in [0.1, 0.15) is 0 Å². The first kappa shape index (κ1) is 14.6. The number of benzene rings is 1. The van der Waals surface area contributed by atoms with Gasteiger partial charge in [0.15, 0.2) is 6.10 Å². The minimum absolute atomic E-state index is 0.0403. The molecule has 0 saturated carbocycles. The Morgan fingerprint density at radius 2 is 2.00 bits per heavy atom. The molecule has 6 heteroatoms. The Kier molecular flexibility index (Phi) is 4.36. The largest absolute Gasteiger partial charge is 0.380 e. The Balaban J connectivity index is 1.98. The Labute approximate surface area is 121 Å². The van der Waals surface area contributed by atoms with Gasteiger partial charge in [0.05, 0.1) is 13.2 Å². The van der Waals surface area contributed by atoms with Gasteiger partial charge >= 0.3 is 0 Å². The van der Waals surface area contributed by atoms with Crippen LogP contribution in [0.2, 0.25) is 10.0 Å². The van der Waals surface area contributed by atoms with E-state index in [1.54, 1.807) is 6.07 Å². The topological polar surface area (TPSA) is 58.6 Å². The van der Waals surface area contributed by atoms with Gasteiger partial charge in [-0.3, -0.25) is 4.79 Å². The highest BCUT2D eigenvalue weighted by atomic mass is 35.5.